The quantitative estimate of drug-likeness (QED) is 0.733. The Kier molecular flexibility index (Phi) is 3.09. The molecule has 4 nitrogen and oxygen atoms in total. The number of hydrogen-bond acceptors (Lipinski definition) is 3. The largest absolute Gasteiger partial charge is 0.368 e. The van der Waals surface area contributed by atoms with E-state index in [0.29, 0.717) is 17.9 Å². The highest BCUT2D eigenvalue weighted by Crippen LogP contribution is 2.36. The van der Waals surface area contributed by atoms with E-state index in [2.05, 4.69) is 0 Å². The summed E-state index contributed by atoms with van der Waals surface area (Å²) in [5.41, 5.74) is 6.17. The topological polar surface area (TPSA) is 55.6 Å². The van der Waals surface area contributed by atoms with Crippen LogP contribution in [0.4, 0.5) is 0 Å². The minimum atomic E-state index is -0.161. The second-order valence-corrected chi connectivity index (χ2v) is 5.76. The molecule has 1 amide bonds. The van der Waals surface area contributed by atoms with Crippen LogP contribution < -0.4 is 5.73 Å². The molecule has 0 bridgehead atoms. The molecule has 2 aliphatic heterocycles. The summed E-state index contributed by atoms with van der Waals surface area (Å²) in [5.74, 6) is 1.39. The number of amides is 1. The van der Waals surface area contributed by atoms with Gasteiger partial charge in [-0.15, -0.1) is 0 Å². The highest BCUT2D eigenvalue weighted by Gasteiger charge is 2.42. The van der Waals surface area contributed by atoms with Gasteiger partial charge < -0.3 is 15.4 Å². The van der Waals surface area contributed by atoms with E-state index in [1.807, 2.05) is 4.90 Å². The Hall–Kier alpha value is -0.610. The molecule has 3 fully saturated rings. The lowest BCUT2D eigenvalue weighted by Crippen LogP contribution is -2.40. The van der Waals surface area contributed by atoms with Gasteiger partial charge in [0.15, 0.2) is 0 Å². The highest BCUT2D eigenvalue weighted by molar-refractivity contribution is 5.81. The third kappa shape index (κ3) is 2.08. The number of carbonyl (C=O) groups excluding carboxylic acids is 1. The Balaban J connectivity index is 1.64. The third-order valence-corrected chi connectivity index (χ3v) is 4.67. The van der Waals surface area contributed by atoms with Gasteiger partial charge in [-0.1, -0.05) is 6.42 Å². The summed E-state index contributed by atoms with van der Waals surface area (Å²) in [6, 6.07) is 0.302. The maximum absolute atomic E-state index is 12.3. The average Bonchev–Trinajstić information content (AvgIpc) is 2.98. The first-order chi connectivity index (χ1) is 8.25. The third-order valence-electron chi connectivity index (χ3n) is 4.67. The second kappa shape index (κ2) is 4.58. The Bertz CT molecular complexity index is 302. The predicted molar refractivity (Wildman–Crippen MR) is 64.4 cm³/mol. The molecule has 96 valence electrons. The molecule has 4 heteroatoms. The normalized spacial score (nSPS) is 41.6. The van der Waals surface area contributed by atoms with Crippen LogP contribution in [-0.2, 0) is 9.53 Å². The number of nitrogens with zero attached hydrogens (tertiary/aromatic N) is 1. The zero-order valence-electron chi connectivity index (χ0n) is 10.3. The monoisotopic (exact) mass is 238 g/mol. The van der Waals surface area contributed by atoms with Crippen LogP contribution in [0.15, 0.2) is 0 Å². The van der Waals surface area contributed by atoms with Gasteiger partial charge in [-0.3, -0.25) is 4.79 Å². The number of fused-ring (bicyclic) bond motifs is 1. The minimum Gasteiger partial charge on any atom is -0.368 e. The van der Waals surface area contributed by atoms with Crippen molar-refractivity contribution in [3.63, 3.8) is 0 Å². The Morgan fingerprint density at radius 1 is 1.18 bits per heavy atom. The van der Waals surface area contributed by atoms with E-state index < -0.39 is 0 Å². The summed E-state index contributed by atoms with van der Waals surface area (Å²) in [4.78, 5) is 14.3. The summed E-state index contributed by atoms with van der Waals surface area (Å²) in [5, 5.41) is 0. The van der Waals surface area contributed by atoms with Crippen molar-refractivity contribution < 1.29 is 9.53 Å². The lowest BCUT2D eigenvalue weighted by molar-refractivity contribution is -0.140. The zero-order valence-corrected chi connectivity index (χ0v) is 10.3. The summed E-state index contributed by atoms with van der Waals surface area (Å²) >= 11 is 0. The van der Waals surface area contributed by atoms with Crippen LogP contribution in [0.25, 0.3) is 0 Å². The fourth-order valence-corrected chi connectivity index (χ4v) is 3.67. The van der Waals surface area contributed by atoms with E-state index in [4.69, 9.17) is 10.5 Å². The highest BCUT2D eigenvalue weighted by atomic mass is 16.5. The standard InChI is InChI=1S/C13H22N2O2/c14-11-4-1-3-9-7-15(8-10(9)11)13(16)12-5-2-6-17-12/h9-12H,1-8,14H2. The number of carbonyl (C=O) groups is 1. The molecular formula is C13H22N2O2. The number of nitrogens with two attached hydrogens (primary N) is 1. The van der Waals surface area contributed by atoms with Crippen LogP contribution in [-0.4, -0.2) is 42.6 Å². The second-order valence-electron chi connectivity index (χ2n) is 5.76. The van der Waals surface area contributed by atoms with Gasteiger partial charge in [0.1, 0.15) is 6.10 Å². The van der Waals surface area contributed by atoms with Gasteiger partial charge in [0.25, 0.3) is 5.91 Å². The molecule has 0 aromatic carbocycles. The maximum Gasteiger partial charge on any atom is 0.251 e. The summed E-state index contributed by atoms with van der Waals surface area (Å²) < 4.78 is 5.48. The van der Waals surface area contributed by atoms with Crippen molar-refractivity contribution in [2.75, 3.05) is 19.7 Å². The lowest BCUT2D eigenvalue weighted by atomic mass is 9.78. The van der Waals surface area contributed by atoms with Crippen molar-refractivity contribution >= 4 is 5.91 Å². The first-order valence-corrected chi connectivity index (χ1v) is 6.91. The predicted octanol–water partition coefficient (Wildman–Crippen LogP) is 0.751. The van der Waals surface area contributed by atoms with Crippen LogP contribution in [0.5, 0.6) is 0 Å². The van der Waals surface area contributed by atoms with E-state index in [0.717, 1.165) is 39.0 Å². The first kappa shape index (κ1) is 11.5. The molecule has 2 saturated heterocycles. The molecule has 0 aromatic rings. The van der Waals surface area contributed by atoms with Gasteiger partial charge in [0, 0.05) is 25.7 Å². The van der Waals surface area contributed by atoms with Crippen molar-refractivity contribution in [3.05, 3.63) is 0 Å². The van der Waals surface area contributed by atoms with Crippen molar-refractivity contribution in [3.8, 4) is 0 Å². The summed E-state index contributed by atoms with van der Waals surface area (Å²) in [6.45, 7) is 2.53. The Morgan fingerprint density at radius 2 is 2.06 bits per heavy atom. The molecule has 0 spiro atoms. The molecule has 2 N–H and O–H groups in total. The summed E-state index contributed by atoms with van der Waals surface area (Å²) in [7, 11) is 0. The van der Waals surface area contributed by atoms with Gasteiger partial charge in [-0.2, -0.15) is 0 Å². The fraction of sp³-hybridized carbons (Fsp3) is 0.923. The number of ether oxygens (including phenoxy) is 1. The molecular weight excluding hydrogens is 216 g/mol. The SMILES string of the molecule is NC1CCCC2CN(C(=O)C3CCCO3)CC12. The van der Waals surface area contributed by atoms with Crippen molar-refractivity contribution in [1.29, 1.82) is 0 Å². The van der Waals surface area contributed by atoms with Gasteiger partial charge in [0.05, 0.1) is 0 Å². The molecule has 4 atom stereocenters. The van der Waals surface area contributed by atoms with Gasteiger partial charge in [-0.25, -0.2) is 0 Å². The molecule has 4 unspecified atom stereocenters. The van der Waals surface area contributed by atoms with Crippen LogP contribution in [0, 0.1) is 11.8 Å². The van der Waals surface area contributed by atoms with Gasteiger partial charge in [-0.05, 0) is 37.5 Å². The molecule has 17 heavy (non-hydrogen) atoms. The average molecular weight is 238 g/mol. The fourth-order valence-electron chi connectivity index (χ4n) is 3.67. The number of hydrogen-bond donors (Lipinski definition) is 1. The molecule has 1 aliphatic carbocycles. The van der Waals surface area contributed by atoms with E-state index in [9.17, 15) is 4.79 Å². The lowest BCUT2D eigenvalue weighted by Gasteiger charge is -2.29. The number of rotatable bonds is 1. The smallest absolute Gasteiger partial charge is 0.251 e. The molecule has 1 saturated carbocycles. The maximum atomic E-state index is 12.3. The first-order valence-electron chi connectivity index (χ1n) is 6.91. The molecule has 0 radical (unpaired) electrons. The van der Waals surface area contributed by atoms with Crippen molar-refractivity contribution in [2.24, 2.45) is 17.6 Å². The molecule has 0 aromatic heterocycles. The molecule has 3 aliphatic rings. The van der Waals surface area contributed by atoms with Crippen molar-refractivity contribution in [2.45, 2.75) is 44.2 Å². The Morgan fingerprint density at radius 3 is 2.76 bits per heavy atom. The van der Waals surface area contributed by atoms with Gasteiger partial charge >= 0.3 is 0 Å². The van der Waals surface area contributed by atoms with Crippen molar-refractivity contribution in [1.82, 2.24) is 4.90 Å². The van der Waals surface area contributed by atoms with Gasteiger partial charge in [0.2, 0.25) is 0 Å². The minimum absolute atomic E-state index is 0.161. The van der Waals surface area contributed by atoms with Crippen LogP contribution >= 0.6 is 0 Å². The zero-order chi connectivity index (χ0) is 11.8. The summed E-state index contributed by atoms with van der Waals surface area (Å²) in [6.07, 6.45) is 5.36. The van der Waals surface area contributed by atoms with Crippen LogP contribution in [0.3, 0.4) is 0 Å². The van der Waals surface area contributed by atoms with E-state index >= 15 is 0 Å². The number of likely N-dealkylation sites (tertiary alicyclic amines) is 1. The molecule has 2 heterocycles. The van der Waals surface area contributed by atoms with Crippen LogP contribution in [0.1, 0.15) is 32.1 Å². The van der Waals surface area contributed by atoms with E-state index in [1.165, 1.54) is 12.8 Å². The van der Waals surface area contributed by atoms with E-state index in [1.54, 1.807) is 0 Å². The van der Waals surface area contributed by atoms with Crippen LogP contribution in [0.2, 0.25) is 0 Å². The Labute approximate surface area is 102 Å². The molecule has 3 rings (SSSR count). The van der Waals surface area contributed by atoms with E-state index in [-0.39, 0.29) is 12.0 Å².